The Kier molecular flexibility index (Phi) is 8.00. The molecule has 0 fully saturated rings. The molecule has 0 N–H and O–H groups in total. The van der Waals surface area contributed by atoms with E-state index in [1.54, 1.807) is 0 Å². The molecule has 0 bridgehead atoms. The van der Waals surface area contributed by atoms with E-state index in [0.29, 0.717) is 17.6 Å². The third-order valence-electron chi connectivity index (χ3n) is 10.7. The molecule has 0 amide bonds. The second-order valence-corrected chi connectivity index (χ2v) is 15.2. The summed E-state index contributed by atoms with van der Waals surface area (Å²) in [7, 11) is 0. The first-order valence-electron chi connectivity index (χ1n) is 19.0. The van der Waals surface area contributed by atoms with E-state index in [4.69, 9.17) is 15.0 Å². The number of para-hydroxylation sites is 2. The van der Waals surface area contributed by atoms with E-state index in [0.717, 1.165) is 49.7 Å². The third kappa shape index (κ3) is 5.86. The Hall–Kier alpha value is -7.28. The summed E-state index contributed by atoms with van der Waals surface area (Å²) in [4.78, 5) is 20.0. The molecule has 5 nitrogen and oxygen atoms in total. The van der Waals surface area contributed by atoms with Crippen LogP contribution in [-0.2, 0) is 0 Å². The number of benzene rings is 8. The highest BCUT2D eigenvalue weighted by Gasteiger charge is 2.26. The fraction of sp³-hybridized carbons (Fsp3) is 0. The second-order valence-electron chi connectivity index (χ2n) is 14.1. The summed E-state index contributed by atoms with van der Waals surface area (Å²) in [6, 6.07) is 70.5. The Bertz CT molecular complexity index is 3030. The van der Waals surface area contributed by atoms with Gasteiger partial charge in [-0.3, -0.25) is 4.57 Å². The monoisotopic (exact) mass is 747 g/mol. The molecule has 3 heterocycles. The number of rotatable bonds is 6. The molecule has 10 aromatic rings. The van der Waals surface area contributed by atoms with Crippen molar-refractivity contribution in [1.29, 1.82) is 0 Å². The molecule has 1 aliphatic rings. The van der Waals surface area contributed by atoms with Gasteiger partial charge in [0.25, 0.3) is 0 Å². The Balaban J connectivity index is 1.02. The van der Waals surface area contributed by atoms with Crippen molar-refractivity contribution in [3.63, 3.8) is 0 Å². The van der Waals surface area contributed by atoms with Crippen LogP contribution in [0.1, 0.15) is 0 Å². The summed E-state index contributed by atoms with van der Waals surface area (Å²) in [6.45, 7) is 0. The highest BCUT2D eigenvalue weighted by atomic mass is 32.2. The molecular weight excluding hydrogens is 715 g/mol. The maximum Gasteiger partial charge on any atom is 0.238 e. The minimum Gasteiger partial charge on any atom is -0.308 e. The van der Waals surface area contributed by atoms with E-state index in [-0.39, 0.29) is 0 Å². The Morgan fingerprint density at radius 3 is 1.60 bits per heavy atom. The maximum atomic E-state index is 5.10. The highest BCUT2D eigenvalue weighted by molar-refractivity contribution is 7.99. The van der Waals surface area contributed by atoms with Gasteiger partial charge in [0.05, 0.1) is 22.4 Å². The van der Waals surface area contributed by atoms with Crippen LogP contribution in [0.15, 0.2) is 210 Å². The predicted molar refractivity (Wildman–Crippen MR) is 235 cm³/mol. The van der Waals surface area contributed by atoms with Crippen LogP contribution in [0.3, 0.4) is 0 Å². The molecule has 6 heteroatoms. The first kappa shape index (κ1) is 33.1. The second kappa shape index (κ2) is 13.8. The lowest BCUT2D eigenvalue weighted by Gasteiger charge is -2.33. The fourth-order valence-electron chi connectivity index (χ4n) is 7.91. The molecule has 0 unspecified atom stereocenters. The first-order chi connectivity index (χ1) is 28.2. The van der Waals surface area contributed by atoms with E-state index < -0.39 is 0 Å². The molecule has 0 spiro atoms. The molecule has 268 valence electrons. The van der Waals surface area contributed by atoms with E-state index >= 15 is 0 Å². The molecule has 0 saturated carbocycles. The summed E-state index contributed by atoms with van der Waals surface area (Å²) in [5.41, 5.74) is 12.2. The normalized spacial score (nSPS) is 12.1. The van der Waals surface area contributed by atoms with Gasteiger partial charge in [0.2, 0.25) is 5.95 Å². The number of hydrogen-bond donors (Lipinski definition) is 0. The number of anilines is 3. The van der Waals surface area contributed by atoms with Crippen LogP contribution in [0.25, 0.3) is 72.8 Å². The largest absolute Gasteiger partial charge is 0.308 e. The standard InChI is InChI=1S/C51H33N5S/c1-4-14-34(15-5-1)35-24-28-40(29-25-35)55-45-22-12-13-23-47(45)57-48-33-39(27-31-46(48)55)38-26-30-44-42(32-38)41-20-10-11-21-43(41)56(44)51-53-49(36-16-6-2-7-17-36)52-50(54-51)37-18-8-3-9-19-37/h1-33H. The van der Waals surface area contributed by atoms with Crippen molar-refractivity contribution in [1.82, 2.24) is 19.5 Å². The van der Waals surface area contributed by atoms with Crippen molar-refractivity contribution in [2.24, 2.45) is 0 Å². The summed E-state index contributed by atoms with van der Waals surface area (Å²) < 4.78 is 2.18. The third-order valence-corrected chi connectivity index (χ3v) is 11.8. The zero-order valence-electron chi connectivity index (χ0n) is 30.7. The topological polar surface area (TPSA) is 46.8 Å². The number of hydrogen-bond acceptors (Lipinski definition) is 5. The van der Waals surface area contributed by atoms with Gasteiger partial charge in [0.15, 0.2) is 11.6 Å². The van der Waals surface area contributed by atoms with Gasteiger partial charge in [-0.1, -0.05) is 157 Å². The highest BCUT2D eigenvalue weighted by Crippen LogP contribution is 2.52. The molecule has 11 rings (SSSR count). The van der Waals surface area contributed by atoms with Crippen LogP contribution in [0.4, 0.5) is 17.1 Å². The molecule has 1 aliphatic heterocycles. The predicted octanol–water partition coefficient (Wildman–Crippen LogP) is 13.6. The minimum atomic E-state index is 0.586. The molecule has 0 radical (unpaired) electrons. The van der Waals surface area contributed by atoms with Crippen LogP contribution >= 0.6 is 11.8 Å². The quantitative estimate of drug-likeness (QED) is 0.169. The molecule has 57 heavy (non-hydrogen) atoms. The maximum absolute atomic E-state index is 5.10. The van der Waals surface area contributed by atoms with Gasteiger partial charge in [-0.25, -0.2) is 4.98 Å². The van der Waals surface area contributed by atoms with Crippen molar-refractivity contribution in [2.75, 3.05) is 4.90 Å². The van der Waals surface area contributed by atoms with Gasteiger partial charge < -0.3 is 4.90 Å². The van der Waals surface area contributed by atoms with E-state index in [1.807, 2.05) is 72.4 Å². The molecule has 0 aliphatic carbocycles. The summed E-state index contributed by atoms with van der Waals surface area (Å²) in [5, 5.41) is 2.28. The molecule has 0 saturated heterocycles. The zero-order valence-corrected chi connectivity index (χ0v) is 31.5. The fourth-order valence-corrected chi connectivity index (χ4v) is 9.01. The summed E-state index contributed by atoms with van der Waals surface area (Å²) in [5.74, 6) is 1.86. The number of nitrogens with zero attached hydrogens (tertiary/aromatic N) is 5. The number of fused-ring (bicyclic) bond motifs is 5. The lowest BCUT2D eigenvalue weighted by atomic mass is 10.0. The van der Waals surface area contributed by atoms with Gasteiger partial charge in [0.1, 0.15) is 0 Å². The average Bonchev–Trinajstić information content (AvgIpc) is 3.62. The van der Waals surface area contributed by atoms with Crippen LogP contribution in [-0.4, -0.2) is 19.5 Å². The van der Waals surface area contributed by atoms with Crippen molar-refractivity contribution in [3.05, 3.63) is 200 Å². The molecule has 2 aromatic heterocycles. The van der Waals surface area contributed by atoms with Crippen molar-refractivity contribution < 1.29 is 0 Å². The Morgan fingerprint density at radius 2 is 0.877 bits per heavy atom. The van der Waals surface area contributed by atoms with Crippen LogP contribution in [0.5, 0.6) is 0 Å². The summed E-state index contributed by atoms with van der Waals surface area (Å²) >= 11 is 1.83. The van der Waals surface area contributed by atoms with Crippen molar-refractivity contribution in [2.45, 2.75) is 9.79 Å². The lowest BCUT2D eigenvalue weighted by Crippen LogP contribution is -2.14. The molecule has 8 aromatic carbocycles. The van der Waals surface area contributed by atoms with Gasteiger partial charge >= 0.3 is 0 Å². The van der Waals surface area contributed by atoms with Gasteiger partial charge in [-0.15, -0.1) is 0 Å². The van der Waals surface area contributed by atoms with E-state index in [1.165, 1.54) is 32.3 Å². The van der Waals surface area contributed by atoms with Gasteiger partial charge in [0, 0.05) is 37.4 Å². The van der Waals surface area contributed by atoms with Crippen molar-refractivity contribution >= 4 is 50.6 Å². The summed E-state index contributed by atoms with van der Waals surface area (Å²) in [6.07, 6.45) is 0. The smallest absolute Gasteiger partial charge is 0.238 e. The van der Waals surface area contributed by atoms with Gasteiger partial charge in [-0.05, 0) is 76.9 Å². The molecule has 0 atom stereocenters. The lowest BCUT2D eigenvalue weighted by molar-refractivity contribution is 0.953. The zero-order chi connectivity index (χ0) is 37.7. The van der Waals surface area contributed by atoms with E-state index in [9.17, 15) is 0 Å². The SMILES string of the molecule is c1ccc(-c2ccc(N3c4ccccc4Sc4cc(-c5ccc6c(c5)c5ccccc5n6-c5nc(-c6ccccc6)nc(-c6ccccc6)n5)ccc43)cc2)cc1. The minimum absolute atomic E-state index is 0.586. The van der Waals surface area contributed by atoms with Crippen LogP contribution in [0, 0.1) is 0 Å². The van der Waals surface area contributed by atoms with Crippen LogP contribution in [0.2, 0.25) is 0 Å². The van der Waals surface area contributed by atoms with Crippen molar-refractivity contribution in [3.8, 4) is 51.0 Å². The molecular formula is C51H33N5S. The van der Waals surface area contributed by atoms with Gasteiger partial charge in [-0.2, -0.15) is 9.97 Å². The van der Waals surface area contributed by atoms with Crippen LogP contribution < -0.4 is 4.90 Å². The number of aromatic nitrogens is 4. The van der Waals surface area contributed by atoms with E-state index in [2.05, 4.69) is 149 Å². The Labute approximate surface area is 334 Å². The Morgan fingerprint density at radius 1 is 0.351 bits per heavy atom. The first-order valence-corrected chi connectivity index (χ1v) is 19.8. The average molecular weight is 748 g/mol.